The van der Waals surface area contributed by atoms with E-state index < -0.39 is 0 Å². The van der Waals surface area contributed by atoms with Crippen LogP contribution in [-0.4, -0.2) is 29.0 Å². The largest absolute Gasteiger partial charge is 0.338 e. The fraction of sp³-hybridized carbons (Fsp3) is 0.786. The zero-order valence-corrected chi connectivity index (χ0v) is 11.3. The van der Waals surface area contributed by atoms with E-state index in [1.807, 2.05) is 0 Å². The Balaban J connectivity index is 1.66. The summed E-state index contributed by atoms with van der Waals surface area (Å²) in [6.45, 7) is 2.06. The van der Waals surface area contributed by atoms with Crippen molar-refractivity contribution in [1.82, 2.24) is 10.1 Å². The normalized spacial score (nSPS) is 22.5. The smallest absolute Gasteiger partial charge is 0.266 e. The molecule has 0 bridgehead atoms. The van der Waals surface area contributed by atoms with Crippen LogP contribution < -0.4 is 4.90 Å². The van der Waals surface area contributed by atoms with Crippen LogP contribution in [0.1, 0.15) is 63.2 Å². The minimum atomic E-state index is 0.283. The summed E-state index contributed by atoms with van der Waals surface area (Å²) in [7, 11) is 0. The Morgan fingerprint density at radius 3 is 2.42 bits per heavy atom. The predicted molar refractivity (Wildman–Crippen MR) is 71.2 cm³/mol. The summed E-state index contributed by atoms with van der Waals surface area (Å²) < 4.78 is 5.42. The number of rotatable bonds is 2. The molecule has 3 rings (SSSR count). The lowest BCUT2D eigenvalue weighted by molar-refractivity contribution is -0.120. The lowest BCUT2D eigenvalue weighted by atomic mass is 9.88. The molecule has 1 aromatic rings. The van der Waals surface area contributed by atoms with Crippen molar-refractivity contribution in [2.45, 2.75) is 57.3 Å². The summed E-state index contributed by atoms with van der Waals surface area (Å²) >= 11 is 0. The van der Waals surface area contributed by atoms with Gasteiger partial charge in [-0.2, -0.15) is 4.98 Å². The number of hydrogen-bond donors (Lipinski definition) is 0. The van der Waals surface area contributed by atoms with Gasteiger partial charge in [0.1, 0.15) is 5.78 Å². The maximum Gasteiger partial charge on any atom is 0.266 e. The summed E-state index contributed by atoms with van der Waals surface area (Å²) in [5.41, 5.74) is 0. The highest BCUT2D eigenvalue weighted by Crippen LogP contribution is 2.31. The van der Waals surface area contributed by atoms with Gasteiger partial charge in [0.05, 0.1) is 0 Å². The molecule has 0 atom stereocenters. The Morgan fingerprint density at radius 2 is 1.74 bits per heavy atom. The van der Waals surface area contributed by atoms with Gasteiger partial charge in [-0.05, 0) is 30.8 Å². The Kier molecular flexibility index (Phi) is 3.80. The first kappa shape index (κ1) is 12.6. The second-order valence-corrected chi connectivity index (χ2v) is 5.65. The third-order valence-corrected chi connectivity index (χ3v) is 4.21. The van der Waals surface area contributed by atoms with Crippen molar-refractivity contribution < 1.29 is 9.32 Å². The highest BCUT2D eigenvalue weighted by Gasteiger charge is 2.26. The van der Waals surface area contributed by atoms with Crippen molar-refractivity contribution in [3.8, 4) is 0 Å². The van der Waals surface area contributed by atoms with Gasteiger partial charge in [0.15, 0.2) is 0 Å². The molecule has 1 aromatic heterocycles. The Morgan fingerprint density at radius 1 is 1.05 bits per heavy atom. The zero-order chi connectivity index (χ0) is 13.1. The molecule has 2 aliphatic rings. The molecule has 0 N–H and O–H groups in total. The Bertz CT molecular complexity index is 426. The van der Waals surface area contributed by atoms with Crippen LogP contribution in [0.3, 0.4) is 0 Å². The van der Waals surface area contributed by atoms with Crippen molar-refractivity contribution in [3.63, 3.8) is 0 Å². The molecule has 0 spiro atoms. The Labute approximate surface area is 113 Å². The second kappa shape index (κ2) is 5.72. The lowest BCUT2D eigenvalue weighted by Crippen LogP contribution is -2.25. The topological polar surface area (TPSA) is 59.2 Å². The highest BCUT2D eigenvalue weighted by atomic mass is 16.5. The number of Topliss-reactive ketones (excluding diaryl/α,β-unsaturated/α-hetero) is 1. The Hall–Kier alpha value is -1.39. The van der Waals surface area contributed by atoms with Crippen LogP contribution in [0.2, 0.25) is 0 Å². The van der Waals surface area contributed by atoms with E-state index in [1.165, 1.54) is 25.7 Å². The van der Waals surface area contributed by atoms with Crippen LogP contribution in [0, 0.1) is 0 Å². The van der Waals surface area contributed by atoms with Crippen molar-refractivity contribution in [1.29, 1.82) is 0 Å². The van der Waals surface area contributed by atoms with E-state index in [1.54, 1.807) is 0 Å². The zero-order valence-electron chi connectivity index (χ0n) is 11.3. The molecule has 0 amide bonds. The second-order valence-electron chi connectivity index (χ2n) is 5.65. The average Bonchev–Trinajstić information content (AvgIpc) is 2.76. The molecule has 0 aromatic carbocycles. The average molecular weight is 263 g/mol. The number of ketones is 1. The van der Waals surface area contributed by atoms with Gasteiger partial charge in [-0.3, -0.25) is 4.79 Å². The molecule has 5 heteroatoms. The number of hydrogen-bond acceptors (Lipinski definition) is 5. The highest BCUT2D eigenvalue weighted by molar-refractivity contribution is 5.79. The van der Waals surface area contributed by atoms with E-state index in [2.05, 4.69) is 15.0 Å². The van der Waals surface area contributed by atoms with Gasteiger partial charge >= 0.3 is 0 Å². The molecule has 1 aliphatic heterocycles. The van der Waals surface area contributed by atoms with E-state index in [-0.39, 0.29) is 5.92 Å². The third kappa shape index (κ3) is 2.96. The first-order chi connectivity index (χ1) is 9.33. The van der Waals surface area contributed by atoms with Crippen molar-refractivity contribution in [2.75, 3.05) is 18.0 Å². The van der Waals surface area contributed by atoms with Gasteiger partial charge < -0.3 is 9.42 Å². The fourth-order valence-electron chi connectivity index (χ4n) is 2.98. The van der Waals surface area contributed by atoms with Crippen LogP contribution in [-0.2, 0) is 4.79 Å². The van der Waals surface area contributed by atoms with Gasteiger partial charge in [-0.1, -0.05) is 12.8 Å². The molecule has 5 nitrogen and oxygen atoms in total. The molecule has 0 unspecified atom stereocenters. The SMILES string of the molecule is O=C1CCC(c2nc(N3CCCCCC3)no2)CC1. The maximum absolute atomic E-state index is 11.3. The van der Waals surface area contributed by atoms with Crippen molar-refractivity contribution >= 4 is 11.7 Å². The molecule has 1 saturated heterocycles. The predicted octanol–water partition coefficient (Wildman–Crippen LogP) is 2.68. The lowest BCUT2D eigenvalue weighted by Gasteiger charge is -2.18. The van der Waals surface area contributed by atoms with E-state index in [0.29, 0.717) is 18.6 Å². The number of carbonyl (C=O) groups is 1. The monoisotopic (exact) mass is 263 g/mol. The standard InChI is InChI=1S/C14H21N3O2/c18-12-7-5-11(6-8-12)13-15-14(16-19-13)17-9-3-1-2-4-10-17/h11H,1-10H2. The molecule has 104 valence electrons. The number of carbonyl (C=O) groups excluding carboxylic acids is 1. The number of anilines is 1. The summed E-state index contributed by atoms with van der Waals surface area (Å²) in [6.07, 6.45) is 8.06. The molecule has 1 saturated carbocycles. The van der Waals surface area contributed by atoms with Crippen LogP contribution in [0.15, 0.2) is 4.52 Å². The van der Waals surface area contributed by atoms with E-state index in [0.717, 1.165) is 37.8 Å². The fourth-order valence-corrected chi connectivity index (χ4v) is 2.98. The van der Waals surface area contributed by atoms with Gasteiger partial charge in [-0.25, -0.2) is 0 Å². The summed E-state index contributed by atoms with van der Waals surface area (Å²) in [6, 6.07) is 0. The van der Waals surface area contributed by atoms with Crippen LogP contribution in [0.25, 0.3) is 0 Å². The van der Waals surface area contributed by atoms with Crippen molar-refractivity contribution in [3.05, 3.63) is 5.89 Å². The first-order valence-corrected chi connectivity index (χ1v) is 7.43. The molecule has 1 aliphatic carbocycles. The summed E-state index contributed by atoms with van der Waals surface area (Å²) in [4.78, 5) is 18.0. The van der Waals surface area contributed by atoms with Crippen LogP contribution in [0.5, 0.6) is 0 Å². The molecule has 19 heavy (non-hydrogen) atoms. The van der Waals surface area contributed by atoms with Gasteiger partial charge in [0.2, 0.25) is 5.89 Å². The minimum Gasteiger partial charge on any atom is -0.338 e. The summed E-state index contributed by atoms with van der Waals surface area (Å²) in [5.74, 6) is 2.12. The number of aromatic nitrogens is 2. The van der Waals surface area contributed by atoms with E-state index >= 15 is 0 Å². The van der Waals surface area contributed by atoms with Crippen LogP contribution >= 0.6 is 0 Å². The van der Waals surface area contributed by atoms with Crippen LogP contribution in [0.4, 0.5) is 5.95 Å². The summed E-state index contributed by atoms with van der Waals surface area (Å²) in [5, 5.41) is 4.13. The maximum atomic E-state index is 11.3. The molecular weight excluding hydrogens is 242 g/mol. The quantitative estimate of drug-likeness (QED) is 0.821. The van der Waals surface area contributed by atoms with Crippen molar-refractivity contribution in [2.24, 2.45) is 0 Å². The van der Waals surface area contributed by atoms with Gasteiger partial charge in [-0.15, -0.1) is 0 Å². The van der Waals surface area contributed by atoms with E-state index in [4.69, 9.17) is 4.52 Å². The number of nitrogens with zero attached hydrogens (tertiary/aromatic N) is 3. The van der Waals surface area contributed by atoms with Gasteiger partial charge in [0.25, 0.3) is 5.95 Å². The minimum absolute atomic E-state index is 0.283. The van der Waals surface area contributed by atoms with E-state index in [9.17, 15) is 4.79 Å². The van der Waals surface area contributed by atoms with Gasteiger partial charge in [0, 0.05) is 31.8 Å². The first-order valence-electron chi connectivity index (χ1n) is 7.43. The third-order valence-electron chi connectivity index (χ3n) is 4.21. The molecule has 2 fully saturated rings. The molecular formula is C14H21N3O2. The molecule has 0 radical (unpaired) electrons. The molecule has 2 heterocycles.